The summed E-state index contributed by atoms with van der Waals surface area (Å²) in [5, 5.41) is 0.494. The Morgan fingerprint density at radius 1 is 0.880 bits per heavy atom. The molecule has 3 aromatic rings. The molecule has 0 bridgehead atoms. The van der Waals surface area contributed by atoms with Gasteiger partial charge in [0.25, 0.3) is 5.91 Å². The Kier molecular flexibility index (Phi) is 4.81. The molecule has 0 saturated heterocycles. The second-order valence-corrected chi connectivity index (χ2v) is 5.47. The van der Waals surface area contributed by atoms with Crippen molar-refractivity contribution >= 4 is 23.4 Å². The highest BCUT2D eigenvalue weighted by Crippen LogP contribution is 2.28. The van der Waals surface area contributed by atoms with E-state index in [-0.39, 0.29) is 11.3 Å². The Bertz CT molecular complexity index is 922. The molecule has 1 heterocycles. The number of hydrazine groups is 1. The van der Waals surface area contributed by atoms with Crippen molar-refractivity contribution in [3.63, 3.8) is 0 Å². The summed E-state index contributed by atoms with van der Waals surface area (Å²) in [5.74, 6) is -1.22. The molecule has 0 radical (unpaired) electrons. The molecule has 0 aliphatic rings. The van der Waals surface area contributed by atoms with Gasteiger partial charge in [0.1, 0.15) is 11.6 Å². The molecule has 2 aromatic carbocycles. The van der Waals surface area contributed by atoms with Crippen molar-refractivity contribution in [2.24, 2.45) is 0 Å². The molecule has 0 aliphatic carbocycles. The minimum absolute atomic E-state index is 0.00864. The Labute approximate surface area is 147 Å². The van der Waals surface area contributed by atoms with Gasteiger partial charge in [0.2, 0.25) is 0 Å². The van der Waals surface area contributed by atoms with Gasteiger partial charge >= 0.3 is 5.91 Å². The van der Waals surface area contributed by atoms with Gasteiger partial charge in [-0.2, -0.15) is 0 Å². The van der Waals surface area contributed by atoms with E-state index in [1.807, 2.05) is 0 Å². The van der Waals surface area contributed by atoms with E-state index in [9.17, 15) is 14.0 Å². The summed E-state index contributed by atoms with van der Waals surface area (Å²) in [4.78, 5) is 23.9. The van der Waals surface area contributed by atoms with Crippen LogP contribution in [0.2, 0.25) is 5.02 Å². The van der Waals surface area contributed by atoms with Gasteiger partial charge in [0, 0.05) is 11.1 Å². The molecule has 7 heteroatoms. The van der Waals surface area contributed by atoms with Crippen molar-refractivity contribution < 1.29 is 18.4 Å². The molecule has 2 N–H and O–H groups in total. The molecule has 0 fully saturated rings. The fourth-order valence-corrected chi connectivity index (χ4v) is 2.34. The predicted octanol–water partition coefficient (Wildman–Crippen LogP) is 3.81. The minimum Gasteiger partial charge on any atom is -0.451 e. The van der Waals surface area contributed by atoms with Crippen LogP contribution in [0, 0.1) is 5.82 Å². The first-order valence-corrected chi connectivity index (χ1v) is 7.63. The lowest BCUT2D eigenvalue weighted by atomic mass is 10.2. The third-order valence-corrected chi connectivity index (χ3v) is 3.69. The lowest BCUT2D eigenvalue weighted by Gasteiger charge is -2.06. The Morgan fingerprint density at radius 3 is 2.28 bits per heavy atom. The van der Waals surface area contributed by atoms with Gasteiger partial charge < -0.3 is 4.42 Å². The third-order valence-electron chi connectivity index (χ3n) is 3.37. The van der Waals surface area contributed by atoms with Crippen LogP contribution in [0.1, 0.15) is 20.9 Å². The van der Waals surface area contributed by atoms with Crippen molar-refractivity contribution in [3.05, 3.63) is 82.8 Å². The van der Waals surface area contributed by atoms with Crippen LogP contribution in [0.25, 0.3) is 11.3 Å². The summed E-state index contributed by atoms with van der Waals surface area (Å²) < 4.78 is 18.3. The molecular formula is C18H12ClFN2O3. The van der Waals surface area contributed by atoms with Crippen molar-refractivity contribution in [1.29, 1.82) is 0 Å². The normalized spacial score (nSPS) is 10.3. The van der Waals surface area contributed by atoms with Crippen molar-refractivity contribution in [2.75, 3.05) is 0 Å². The molecule has 0 atom stereocenters. The molecule has 0 aliphatic heterocycles. The minimum atomic E-state index is -0.631. The topological polar surface area (TPSA) is 71.3 Å². The van der Waals surface area contributed by atoms with E-state index in [1.165, 1.54) is 18.2 Å². The average molecular weight is 359 g/mol. The number of benzene rings is 2. The SMILES string of the molecule is O=C(NNC(=O)c1ccc(-c2ccccc2Cl)o1)c1ccc(F)cc1. The fourth-order valence-electron chi connectivity index (χ4n) is 2.11. The van der Waals surface area contributed by atoms with E-state index >= 15 is 0 Å². The van der Waals surface area contributed by atoms with E-state index < -0.39 is 17.6 Å². The average Bonchev–Trinajstić information content (AvgIpc) is 3.10. The quantitative estimate of drug-likeness (QED) is 0.699. The molecule has 5 nitrogen and oxygen atoms in total. The lowest BCUT2D eigenvalue weighted by molar-refractivity contribution is 0.0831. The lowest BCUT2D eigenvalue weighted by Crippen LogP contribution is -2.41. The van der Waals surface area contributed by atoms with E-state index in [0.717, 1.165) is 12.1 Å². The standard InChI is InChI=1S/C18H12ClFN2O3/c19-14-4-2-1-3-13(14)15-9-10-16(25-15)18(24)22-21-17(23)11-5-7-12(20)8-6-11/h1-10H,(H,21,23)(H,22,24). The molecule has 0 spiro atoms. The number of amides is 2. The summed E-state index contributed by atoms with van der Waals surface area (Å²) in [6.07, 6.45) is 0. The van der Waals surface area contributed by atoms with E-state index in [0.29, 0.717) is 16.3 Å². The van der Waals surface area contributed by atoms with Gasteiger partial charge in [-0.1, -0.05) is 23.7 Å². The van der Waals surface area contributed by atoms with Gasteiger partial charge in [-0.15, -0.1) is 0 Å². The summed E-state index contributed by atoms with van der Waals surface area (Å²) in [7, 11) is 0. The number of halogens is 2. The van der Waals surface area contributed by atoms with Crippen LogP contribution in [0.4, 0.5) is 4.39 Å². The Morgan fingerprint density at radius 2 is 1.56 bits per heavy atom. The second kappa shape index (κ2) is 7.19. The summed E-state index contributed by atoms with van der Waals surface area (Å²) in [6, 6.07) is 15.0. The number of hydrogen-bond donors (Lipinski definition) is 2. The maximum Gasteiger partial charge on any atom is 0.305 e. The molecule has 0 saturated carbocycles. The number of furan rings is 1. The number of carbonyl (C=O) groups excluding carboxylic acids is 2. The number of rotatable bonds is 3. The summed E-state index contributed by atoms with van der Waals surface area (Å²) >= 11 is 6.09. The Hall–Kier alpha value is -3.12. The van der Waals surface area contributed by atoms with E-state index in [4.69, 9.17) is 16.0 Å². The molecule has 0 unspecified atom stereocenters. The first kappa shape index (κ1) is 16.7. The molecule has 2 amide bonds. The number of carbonyl (C=O) groups is 2. The maximum atomic E-state index is 12.8. The highest BCUT2D eigenvalue weighted by atomic mass is 35.5. The first-order chi connectivity index (χ1) is 12.0. The van der Waals surface area contributed by atoms with Crippen LogP contribution < -0.4 is 10.9 Å². The van der Waals surface area contributed by atoms with Crippen molar-refractivity contribution in [1.82, 2.24) is 10.9 Å². The fraction of sp³-hybridized carbons (Fsp3) is 0. The summed E-state index contributed by atoms with van der Waals surface area (Å²) in [5.41, 5.74) is 5.32. The van der Waals surface area contributed by atoms with Crippen LogP contribution in [-0.4, -0.2) is 11.8 Å². The zero-order chi connectivity index (χ0) is 17.8. The molecule has 3 rings (SSSR count). The highest BCUT2D eigenvalue weighted by Gasteiger charge is 2.15. The largest absolute Gasteiger partial charge is 0.451 e. The van der Waals surface area contributed by atoms with Crippen LogP contribution >= 0.6 is 11.6 Å². The van der Waals surface area contributed by atoms with Crippen LogP contribution in [-0.2, 0) is 0 Å². The van der Waals surface area contributed by atoms with Gasteiger partial charge in [0.15, 0.2) is 5.76 Å². The van der Waals surface area contributed by atoms with Crippen molar-refractivity contribution in [2.45, 2.75) is 0 Å². The monoisotopic (exact) mass is 358 g/mol. The smallest absolute Gasteiger partial charge is 0.305 e. The van der Waals surface area contributed by atoms with Gasteiger partial charge in [-0.05, 0) is 48.5 Å². The zero-order valence-electron chi connectivity index (χ0n) is 12.8. The first-order valence-electron chi connectivity index (χ1n) is 7.25. The molecule has 1 aromatic heterocycles. The third kappa shape index (κ3) is 3.87. The molecule has 126 valence electrons. The maximum absolute atomic E-state index is 12.8. The zero-order valence-corrected chi connectivity index (χ0v) is 13.5. The van der Waals surface area contributed by atoms with Crippen molar-refractivity contribution in [3.8, 4) is 11.3 Å². The van der Waals surface area contributed by atoms with Gasteiger partial charge in [0.05, 0.1) is 5.02 Å². The van der Waals surface area contributed by atoms with Crippen LogP contribution in [0.5, 0.6) is 0 Å². The van der Waals surface area contributed by atoms with Crippen LogP contribution in [0.15, 0.2) is 65.1 Å². The number of hydrogen-bond acceptors (Lipinski definition) is 3. The van der Waals surface area contributed by atoms with E-state index in [2.05, 4.69) is 10.9 Å². The van der Waals surface area contributed by atoms with Crippen LogP contribution in [0.3, 0.4) is 0 Å². The second-order valence-electron chi connectivity index (χ2n) is 5.06. The van der Waals surface area contributed by atoms with E-state index in [1.54, 1.807) is 30.3 Å². The summed E-state index contributed by atoms with van der Waals surface area (Å²) in [6.45, 7) is 0. The highest BCUT2D eigenvalue weighted by molar-refractivity contribution is 6.33. The van der Waals surface area contributed by atoms with Gasteiger partial charge in [-0.3, -0.25) is 20.4 Å². The molecule has 25 heavy (non-hydrogen) atoms. The van der Waals surface area contributed by atoms with Gasteiger partial charge in [-0.25, -0.2) is 4.39 Å². The number of nitrogens with one attached hydrogen (secondary N) is 2. The Balaban J connectivity index is 1.65. The predicted molar refractivity (Wildman–Crippen MR) is 90.5 cm³/mol. The molecular weight excluding hydrogens is 347 g/mol.